The number of rotatable bonds is 5. The van der Waals surface area contributed by atoms with Gasteiger partial charge in [0.1, 0.15) is 21.9 Å². The highest BCUT2D eigenvalue weighted by atomic mass is 32.2. The molecule has 1 aliphatic carbocycles. The van der Waals surface area contributed by atoms with E-state index in [2.05, 4.69) is 15.3 Å². The number of amides is 1. The molecule has 3 aromatic rings. The maximum absolute atomic E-state index is 12.4. The number of hydrogen-bond acceptors (Lipinski definition) is 7. The number of anilines is 1. The van der Waals surface area contributed by atoms with Crippen LogP contribution < -0.4 is 5.32 Å². The third-order valence-electron chi connectivity index (χ3n) is 4.43. The zero-order valence-electron chi connectivity index (χ0n) is 14.5. The van der Waals surface area contributed by atoms with E-state index in [9.17, 15) is 14.9 Å². The van der Waals surface area contributed by atoms with Gasteiger partial charge in [-0.2, -0.15) is 0 Å². The number of nitro benzene ring substituents is 1. The van der Waals surface area contributed by atoms with Crippen LogP contribution in [0.1, 0.15) is 22.4 Å². The van der Waals surface area contributed by atoms with Crippen LogP contribution in [-0.4, -0.2) is 26.6 Å². The van der Waals surface area contributed by atoms with Gasteiger partial charge in [-0.3, -0.25) is 14.9 Å². The second-order valence-corrected chi connectivity index (χ2v) is 8.38. The molecule has 2 heterocycles. The SMILES string of the molecule is Cc1ccc(NC(=O)CSc2ncnc3sc4c(c23)CCC4)c([N+](=O)[O-])c1. The molecule has 0 fully saturated rings. The Bertz CT molecular complexity index is 1060. The summed E-state index contributed by atoms with van der Waals surface area (Å²) in [7, 11) is 0. The third-order valence-corrected chi connectivity index (χ3v) is 6.62. The van der Waals surface area contributed by atoms with Crippen molar-refractivity contribution in [3.8, 4) is 0 Å². The minimum atomic E-state index is -0.488. The highest BCUT2D eigenvalue weighted by Crippen LogP contribution is 2.40. The average molecular weight is 400 g/mol. The number of nitro groups is 1. The van der Waals surface area contributed by atoms with Gasteiger partial charge in [0.05, 0.1) is 10.7 Å². The lowest BCUT2D eigenvalue weighted by molar-refractivity contribution is -0.384. The zero-order chi connectivity index (χ0) is 19.0. The quantitative estimate of drug-likeness (QED) is 0.299. The molecule has 9 heteroatoms. The van der Waals surface area contributed by atoms with Crippen LogP contribution in [0.15, 0.2) is 29.6 Å². The first-order valence-electron chi connectivity index (χ1n) is 8.46. The van der Waals surface area contributed by atoms with E-state index in [1.165, 1.54) is 34.6 Å². The van der Waals surface area contributed by atoms with Crippen LogP contribution >= 0.6 is 23.1 Å². The van der Waals surface area contributed by atoms with Crippen molar-refractivity contribution in [2.24, 2.45) is 0 Å². The lowest BCUT2D eigenvalue weighted by Gasteiger charge is -2.07. The van der Waals surface area contributed by atoms with Crippen LogP contribution in [0.5, 0.6) is 0 Å². The van der Waals surface area contributed by atoms with Crippen molar-refractivity contribution in [1.82, 2.24) is 9.97 Å². The van der Waals surface area contributed by atoms with E-state index in [-0.39, 0.29) is 23.0 Å². The normalized spacial score (nSPS) is 12.9. The highest BCUT2D eigenvalue weighted by Gasteiger charge is 2.22. The number of hydrogen-bond donors (Lipinski definition) is 1. The fraction of sp³-hybridized carbons (Fsp3) is 0.278. The molecule has 0 saturated carbocycles. The maximum atomic E-state index is 12.4. The molecular weight excluding hydrogens is 384 g/mol. The second kappa shape index (κ2) is 7.24. The van der Waals surface area contributed by atoms with Crippen molar-refractivity contribution in [3.05, 3.63) is 50.6 Å². The van der Waals surface area contributed by atoms with Crippen LogP contribution in [0, 0.1) is 17.0 Å². The highest BCUT2D eigenvalue weighted by molar-refractivity contribution is 8.00. The summed E-state index contributed by atoms with van der Waals surface area (Å²) < 4.78 is 0. The molecule has 7 nitrogen and oxygen atoms in total. The standard InChI is InChI=1S/C18H16N4O3S2/c1-10-5-6-12(13(7-10)22(24)25)21-15(23)8-26-17-16-11-3-2-4-14(11)27-18(16)20-9-19-17/h5-7,9H,2-4,8H2,1H3,(H,21,23). The molecule has 27 heavy (non-hydrogen) atoms. The summed E-state index contributed by atoms with van der Waals surface area (Å²) in [6.07, 6.45) is 4.78. The number of aryl methyl sites for hydroxylation is 3. The van der Waals surface area contributed by atoms with Gasteiger partial charge >= 0.3 is 0 Å². The zero-order valence-corrected chi connectivity index (χ0v) is 16.2. The summed E-state index contributed by atoms with van der Waals surface area (Å²) >= 11 is 3.04. The molecule has 0 aliphatic heterocycles. The first-order valence-corrected chi connectivity index (χ1v) is 10.3. The van der Waals surface area contributed by atoms with Crippen molar-refractivity contribution in [3.63, 3.8) is 0 Å². The Morgan fingerprint density at radius 1 is 1.37 bits per heavy atom. The molecule has 138 valence electrons. The Balaban J connectivity index is 1.51. The Kier molecular flexibility index (Phi) is 4.79. The van der Waals surface area contributed by atoms with E-state index in [4.69, 9.17) is 0 Å². The van der Waals surface area contributed by atoms with E-state index in [0.717, 1.165) is 40.1 Å². The van der Waals surface area contributed by atoms with Crippen molar-refractivity contribution >= 4 is 50.6 Å². The fourth-order valence-corrected chi connectivity index (χ4v) is 5.35. The molecule has 0 spiro atoms. The lowest BCUT2D eigenvalue weighted by atomic mass is 10.2. The maximum Gasteiger partial charge on any atom is 0.293 e. The number of thioether (sulfide) groups is 1. The summed E-state index contributed by atoms with van der Waals surface area (Å²) in [4.78, 5) is 34.1. The van der Waals surface area contributed by atoms with E-state index in [1.54, 1.807) is 30.4 Å². The number of carbonyl (C=O) groups excluding carboxylic acids is 1. The van der Waals surface area contributed by atoms with Crippen LogP contribution in [-0.2, 0) is 17.6 Å². The fourth-order valence-electron chi connectivity index (χ4n) is 3.23. The van der Waals surface area contributed by atoms with Crippen LogP contribution in [0.25, 0.3) is 10.2 Å². The minimum Gasteiger partial charge on any atom is -0.320 e. The van der Waals surface area contributed by atoms with Gasteiger partial charge in [-0.1, -0.05) is 17.8 Å². The lowest BCUT2D eigenvalue weighted by Crippen LogP contribution is -2.15. The predicted molar refractivity (Wildman–Crippen MR) is 107 cm³/mol. The molecule has 1 amide bonds. The third kappa shape index (κ3) is 3.52. The molecule has 0 unspecified atom stereocenters. The van der Waals surface area contributed by atoms with Gasteiger partial charge in [0.2, 0.25) is 5.91 Å². The average Bonchev–Trinajstić information content (AvgIpc) is 3.22. The Morgan fingerprint density at radius 2 is 2.22 bits per heavy atom. The number of benzene rings is 1. The molecule has 1 N–H and O–H groups in total. The number of aromatic nitrogens is 2. The number of nitrogens with zero attached hydrogens (tertiary/aromatic N) is 3. The second-order valence-electron chi connectivity index (χ2n) is 6.33. The van der Waals surface area contributed by atoms with Crippen LogP contribution in [0.2, 0.25) is 0 Å². The van der Waals surface area contributed by atoms with Gasteiger partial charge in [0, 0.05) is 16.3 Å². The summed E-state index contributed by atoms with van der Waals surface area (Å²) in [5.74, 6) is -0.174. The van der Waals surface area contributed by atoms with Gasteiger partial charge < -0.3 is 5.32 Å². The van der Waals surface area contributed by atoms with Gasteiger partial charge in [-0.15, -0.1) is 11.3 Å². The van der Waals surface area contributed by atoms with Gasteiger partial charge in [0.15, 0.2) is 0 Å². The number of nitrogens with one attached hydrogen (secondary N) is 1. The summed E-state index contributed by atoms with van der Waals surface area (Å²) in [6, 6.07) is 4.74. The molecule has 2 aromatic heterocycles. The molecule has 0 radical (unpaired) electrons. The predicted octanol–water partition coefficient (Wildman–Crippen LogP) is 4.13. The van der Waals surface area contributed by atoms with E-state index >= 15 is 0 Å². The topological polar surface area (TPSA) is 98.0 Å². The van der Waals surface area contributed by atoms with Crippen molar-refractivity contribution < 1.29 is 9.72 Å². The summed E-state index contributed by atoms with van der Waals surface area (Å²) in [6.45, 7) is 1.77. The molecular formula is C18H16N4O3S2. The molecule has 1 aromatic carbocycles. The largest absolute Gasteiger partial charge is 0.320 e. The van der Waals surface area contributed by atoms with Crippen molar-refractivity contribution in [1.29, 1.82) is 0 Å². The first kappa shape index (κ1) is 17.9. The van der Waals surface area contributed by atoms with Crippen LogP contribution in [0.3, 0.4) is 0 Å². The number of carbonyl (C=O) groups is 1. The molecule has 4 rings (SSSR count). The Hall–Kier alpha value is -2.52. The van der Waals surface area contributed by atoms with Crippen molar-refractivity contribution in [2.75, 3.05) is 11.1 Å². The number of thiophene rings is 1. The number of fused-ring (bicyclic) bond motifs is 3. The summed E-state index contributed by atoms with van der Waals surface area (Å²) in [5.41, 5.74) is 2.19. The van der Waals surface area contributed by atoms with E-state index in [0.29, 0.717) is 0 Å². The Morgan fingerprint density at radius 3 is 3.04 bits per heavy atom. The van der Waals surface area contributed by atoms with Crippen molar-refractivity contribution in [2.45, 2.75) is 31.2 Å². The summed E-state index contributed by atoms with van der Waals surface area (Å²) in [5, 5.41) is 15.7. The van der Waals surface area contributed by atoms with E-state index < -0.39 is 4.92 Å². The van der Waals surface area contributed by atoms with Crippen LogP contribution in [0.4, 0.5) is 11.4 Å². The monoisotopic (exact) mass is 400 g/mol. The Labute approximate surface area is 163 Å². The molecule has 1 aliphatic rings. The first-order chi connectivity index (χ1) is 13.0. The molecule has 0 bridgehead atoms. The minimum absolute atomic E-state index is 0.103. The van der Waals surface area contributed by atoms with Gasteiger partial charge in [-0.05, 0) is 43.4 Å². The van der Waals surface area contributed by atoms with E-state index in [1.807, 2.05) is 0 Å². The van der Waals surface area contributed by atoms with Gasteiger partial charge in [-0.25, -0.2) is 9.97 Å². The molecule has 0 saturated heterocycles. The van der Waals surface area contributed by atoms with Gasteiger partial charge in [0.25, 0.3) is 5.69 Å². The molecule has 0 atom stereocenters. The smallest absolute Gasteiger partial charge is 0.293 e.